The standard InChI is InChI=1S/C32H42N4O6/c1-32(2,3)42-31(41)36(17-13-23(11-15-33)14-18-36)30(40)24-9-10-26-25(19-24)21-35(16-12-22-7-5-4-6-8-22)29(39)27(34-26)20-28(37)38/h4-10,19,23,27H,11-18,20-21,33H2,1-3H3,(H-,34,37,38,40)/p+1/t23?,27-,36?/m1/s1. The zero-order chi connectivity index (χ0) is 30.5. The summed E-state index contributed by atoms with van der Waals surface area (Å²) in [5.74, 6) is -1.38. The van der Waals surface area contributed by atoms with E-state index in [2.05, 4.69) is 5.32 Å². The Hall–Kier alpha value is -3.76. The van der Waals surface area contributed by atoms with E-state index in [1.54, 1.807) is 43.9 Å². The van der Waals surface area contributed by atoms with Crippen LogP contribution in [0.3, 0.4) is 0 Å². The Bertz CT molecular complexity index is 1300. The van der Waals surface area contributed by atoms with E-state index in [-0.39, 0.29) is 24.8 Å². The molecule has 0 aliphatic carbocycles. The highest BCUT2D eigenvalue weighted by atomic mass is 16.6. The molecule has 42 heavy (non-hydrogen) atoms. The van der Waals surface area contributed by atoms with Crippen molar-refractivity contribution < 1.29 is 33.5 Å². The van der Waals surface area contributed by atoms with Gasteiger partial charge in [-0.3, -0.25) is 9.59 Å². The van der Waals surface area contributed by atoms with Crippen molar-refractivity contribution in [3.8, 4) is 0 Å². The van der Waals surface area contributed by atoms with E-state index in [1.807, 2.05) is 30.3 Å². The summed E-state index contributed by atoms with van der Waals surface area (Å²) in [4.78, 5) is 54.5. The van der Waals surface area contributed by atoms with Gasteiger partial charge in [0.2, 0.25) is 5.91 Å². The molecule has 0 bridgehead atoms. The van der Waals surface area contributed by atoms with Crippen LogP contribution in [0.2, 0.25) is 0 Å². The van der Waals surface area contributed by atoms with Gasteiger partial charge in [0.1, 0.15) is 11.6 Å². The van der Waals surface area contributed by atoms with Crippen LogP contribution < -0.4 is 11.1 Å². The normalized spacial score (nSPS) is 22.5. The summed E-state index contributed by atoms with van der Waals surface area (Å²) < 4.78 is 5.35. The quantitative estimate of drug-likeness (QED) is 0.396. The highest BCUT2D eigenvalue weighted by Crippen LogP contribution is 2.33. The van der Waals surface area contributed by atoms with Crippen LogP contribution >= 0.6 is 0 Å². The van der Waals surface area contributed by atoms with E-state index < -0.39 is 28.2 Å². The van der Waals surface area contributed by atoms with Crippen molar-refractivity contribution in [2.75, 3.05) is 31.5 Å². The molecule has 10 heteroatoms. The molecule has 0 radical (unpaired) electrons. The first-order valence-corrected chi connectivity index (χ1v) is 14.7. The molecule has 2 aromatic rings. The van der Waals surface area contributed by atoms with E-state index >= 15 is 0 Å². The number of carboxylic acids is 1. The van der Waals surface area contributed by atoms with Crippen molar-refractivity contribution in [2.45, 2.75) is 71.1 Å². The lowest BCUT2D eigenvalue weighted by atomic mass is 9.91. The van der Waals surface area contributed by atoms with Gasteiger partial charge in [-0.2, -0.15) is 9.28 Å². The highest BCUT2D eigenvalue weighted by Gasteiger charge is 2.51. The third-order valence-corrected chi connectivity index (χ3v) is 8.09. The molecule has 3 amide bonds. The Morgan fingerprint density at radius 3 is 2.40 bits per heavy atom. The highest BCUT2D eigenvalue weighted by molar-refractivity contribution is 5.96. The fraction of sp³-hybridized carbons (Fsp3) is 0.500. The first kappa shape index (κ1) is 31.2. The van der Waals surface area contributed by atoms with Crippen molar-refractivity contribution in [2.24, 2.45) is 11.7 Å². The van der Waals surface area contributed by atoms with Crippen LogP contribution in [0.1, 0.15) is 67.9 Å². The smallest absolute Gasteiger partial charge is 0.481 e. The zero-order valence-electron chi connectivity index (χ0n) is 24.8. The number of rotatable bonds is 8. The maximum atomic E-state index is 14.2. The van der Waals surface area contributed by atoms with Gasteiger partial charge in [-0.1, -0.05) is 30.3 Å². The molecular weight excluding hydrogens is 536 g/mol. The minimum absolute atomic E-state index is 0.205. The second-order valence-electron chi connectivity index (χ2n) is 12.4. The number of nitrogens with one attached hydrogen (secondary N) is 1. The van der Waals surface area contributed by atoms with Gasteiger partial charge in [-0.05, 0) is 75.4 Å². The molecule has 4 rings (SSSR count). The van der Waals surface area contributed by atoms with Crippen LogP contribution in [0, 0.1) is 5.92 Å². The molecule has 0 spiro atoms. The summed E-state index contributed by atoms with van der Waals surface area (Å²) in [6.45, 7) is 7.17. The first-order chi connectivity index (χ1) is 19.9. The number of anilines is 1. The van der Waals surface area contributed by atoms with Gasteiger partial charge in [0.05, 0.1) is 25.1 Å². The number of carbonyl (C=O) groups excluding carboxylic acids is 3. The number of hydrogen-bond acceptors (Lipinski definition) is 7. The second kappa shape index (κ2) is 13.0. The van der Waals surface area contributed by atoms with Gasteiger partial charge in [0.15, 0.2) is 0 Å². The van der Waals surface area contributed by atoms with Gasteiger partial charge in [0, 0.05) is 31.6 Å². The lowest BCUT2D eigenvalue weighted by Crippen LogP contribution is -2.61. The predicted octanol–water partition coefficient (Wildman–Crippen LogP) is 4.18. The van der Waals surface area contributed by atoms with Crippen LogP contribution in [0.25, 0.3) is 0 Å². The lowest BCUT2D eigenvalue weighted by molar-refractivity contribution is -0.784. The second-order valence-corrected chi connectivity index (χ2v) is 12.4. The van der Waals surface area contributed by atoms with E-state index in [0.717, 1.165) is 12.0 Å². The van der Waals surface area contributed by atoms with E-state index in [9.17, 15) is 24.3 Å². The summed E-state index contributed by atoms with van der Waals surface area (Å²) in [5.41, 5.74) is 7.72. The summed E-state index contributed by atoms with van der Waals surface area (Å²) in [6, 6.07) is 13.9. The number of carboxylic acid groups (broad SMARTS) is 1. The van der Waals surface area contributed by atoms with Gasteiger partial charge >= 0.3 is 18.0 Å². The van der Waals surface area contributed by atoms with Gasteiger partial charge in [-0.25, -0.2) is 4.79 Å². The molecule has 1 saturated heterocycles. The number of ether oxygens (including phenoxy) is 1. The number of fused-ring (bicyclic) bond motifs is 1. The van der Waals surface area contributed by atoms with Crippen molar-refractivity contribution >= 4 is 29.6 Å². The van der Waals surface area contributed by atoms with Crippen LogP contribution in [-0.4, -0.2) is 76.2 Å². The topological polar surface area (TPSA) is 139 Å². The average molecular weight is 580 g/mol. The van der Waals surface area contributed by atoms with Crippen LogP contribution in [0.15, 0.2) is 48.5 Å². The van der Waals surface area contributed by atoms with Crippen molar-refractivity contribution in [1.82, 2.24) is 4.90 Å². The first-order valence-electron chi connectivity index (χ1n) is 14.7. The van der Waals surface area contributed by atoms with Crippen LogP contribution in [0.4, 0.5) is 10.5 Å². The maximum absolute atomic E-state index is 14.2. The molecule has 2 aliphatic heterocycles. The Morgan fingerprint density at radius 1 is 1.10 bits per heavy atom. The minimum atomic E-state index is -1.08. The molecule has 1 fully saturated rings. The maximum Gasteiger partial charge on any atom is 0.524 e. The van der Waals surface area contributed by atoms with E-state index in [1.165, 1.54) is 0 Å². The number of quaternary nitrogens is 1. The molecule has 4 N–H and O–H groups in total. The third-order valence-electron chi connectivity index (χ3n) is 8.09. The molecule has 0 aromatic heterocycles. The molecule has 0 unspecified atom stereocenters. The minimum Gasteiger partial charge on any atom is -0.481 e. The fourth-order valence-electron chi connectivity index (χ4n) is 5.81. The molecule has 2 heterocycles. The number of aliphatic carboxylic acids is 1. The molecule has 10 nitrogen and oxygen atoms in total. The molecule has 226 valence electrons. The molecular formula is C32H43N4O6+. The van der Waals surface area contributed by atoms with Gasteiger partial charge in [-0.15, -0.1) is 0 Å². The third kappa shape index (κ3) is 7.35. The summed E-state index contributed by atoms with van der Waals surface area (Å²) in [7, 11) is 0. The van der Waals surface area contributed by atoms with E-state index in [4.69, 9.17) is 10.5 Å². The summed E-state index contributed by atoms with van der Waals surface area (Å²) in [5, 5.41) is 12.6. The van der Waals surface area contributed by atoms with Crippen LogP contribution in [-0.2, 0) is 27.3 Å². The molecule has 1 atom stereocenters. The van der Waals surface area contributed by atoms with Crippen molar-refractivity contribution in [3.63, 3.8) is 0 Å². The zero-order valence-corrected chi connectivity index (χ0v) is 24.8. The largest absolute Gasteiger partial charge is 0.524 e. The molecule has 2 aliphatic rings. The number of likely N-dealkylation sites (tertiary alicyclic amines) is 1. The number of benzene rings is 2. The summed E-state index contributed by atoms with van der Waals surface area (Å²) in [6.07, 6.45) is 1.89. The number of imide groups is 1. The lowest BCUT2D eigenvalue weighted by Gasteiger charge is -2.39. The average Bonchev–Trinajstić information content (AvgIpc) is 3.07. The Balaban J connectivity index is 1.65. The Labute approximate surface area is 247 Å². The van der Waals surface area contributed by atoms with E-state index in [0.29, 0.717) is 68.2 Å². The predicted molar refractivity (Wildman–Crippen MR) is 159 cm³/mol. The Kier molecular flexibility index (Phi) is 9.68. The number of amides is 3. The van der Waals surface area contributed by atoms with Gasteiger partial charge < -0.3 is 25.8 Å². The number of piperidine rings is 1. The number of nitrogens with zero attached hydrogens (tertiary/aromatic N) is 2. The monoisotopic (exact) mass is 579 g/mol. The van der Waals surface area contributed by atoms with Crippen molar-refractivity contribution in [1.29, 1.82) is 0 Å². The molecule has 2 aromatic carbocycles. The van der Waals surface area contributed by atoms with Crippen LogP contribution in [0.5, 0.6) is 0 Å². The fourth-order valence-corrected chi connectivity index (χ4v) is 5.81. The number of carbonyl (C=O) groups is 4. The number of hydrogen-bond donors (Lipinski definition) is 3. The SMILES string of the molecule is CC(C)(C)OC(=O)[N+]1(C(=O)c2ccc3c(c2)CN(CCc2ccccc2)C(=O)[C@@H](CC(=O)O)N3)CCC(CCN)CC1. The number of nitrogens with two attached hydrogens (primary N) is 1. The van der Waals surface area contributed by atoms with Crippen molar-refractivity contribution in [3.05, 3.63) is 65.2 Å². The van der Waals surface area contributed by atoms with Gasteiger partial charge in [0.25, 0.3) is 0 Å². The Morgan fingerprint density at radius 2 is 1.79 bits per heavy atom. The molecule has 0 saturated carbocycles. The summed E-state index contributed by atoms with van der Waals surface area (Å²) >= 11 is 0.